The Balaban J connectivity index is 1.49. The van der Waals surface area contributed by atoms with Gasteiger partial charge in [0.25, 0.3) is 5.69 Å². The Hall–Kier alpha value is -3.48. The summed E-state index contributed by atoms with van der Waals surface area (Å²) in [6, 6.07) is 16.3. The molecule has 1 aliphatic rings. The molecule has 142 valence electrons. The molecular weight excluding hydrogens is 356 g/mol. The Labute approximate surface area is 162 Å². The summed E-state index contributed by atoms with van der Waals surface area (Å²) < 4.78 is 1.96. The maximum absolute atomic E-state index is 12.4. The Bertz CT molecular complexity index is 1030. The van der Waals surface area contributed by atoms with Crippen LogP contribution in [0.4, 0.5) is 5.69 Å². The van der Waals surface area contributed by atoms with Gasteiger partial charge in [0.05, 0.1) is 29.3 Å². The number of carbonyl (C=O) groups excluding carboxylic acids is 1. The number of para-hydroxylation sites is 2. The van der Waals surface area contributed by atoms with Crippen LogP contribution in [0, 0.1) is 10.1 Å². The molecule has 1 aromatic heterocycles. The Morgan fingerprint density at radius 3 is 2.64 bits per heavy atom. The SMILES string of the molecule is O=C(Cc1ccccc1[N+](=O)[O-])NCc1nn(-c2ccccc2)c2c1CCC2. The smallest absolute Gasteiger partial charge is 0.273 e. The number of aromatic nitrogens is 2. The first-order valence-corrected chi connectivity index (χ1v) is 9.27. The van der Waals surface area contributed by atoms with Crippen LogP contribution in [-0.2, 0) is 30.6 Å². The van der Waals surface area contributed by atoms with Crippen LogP contribution in [0.5, 0.6) is 0 Å². The molecule has 28 heavy (non-hydrogen) atoms. The number of amides is 1. The van der Waals surface area contributed by atoms with Gasteiger partial charge >= 0.3 is 0 Å². The predicted octanol–water partition coefficient (Wildman–Crippen LogP) is 3.13. The van der Waals surface area contributed by atoms with Crippen LogP contribution in [0.2, 0.25) is 0 Å². The lowest BCUT2D eigenvalue weighted by Crippen LogP contribution is -2.25. The second kappa shape index (κ2) is 7.64. The van der Waals surface area contributed by atoms with Gasteiger partial charge in [-0.3, -0.25) is 14.9 Å². The van der Waals surface area contributed by atoms with Gasteiger partial charge in [0.15, 0.2) is 0 Å². The summed E-state index contributed by atoms with van der Waals surface area (Å²) in [5.74, 6) is -0.254. The molecule has 7 nitrogen and oxygen atoms in total. The van der Waals surface area contributed by atoms with Gasteiger partial charge in [-0.1, -0.05) is 36.4 Å². The lowest BCUT2D eigenvalue weighted by molar-refractivity contribution is -0.385. The zero-order valence-corrected chi connectivity index (χ0v) is 15.3. The molecule has 0 bridgehead atoms. The number of nitrogens with one attached hydrogen (secondary N) is 1. The van der Waals surface area contributed by atoms with Crippen LogP contribution < -0.4 is 5.32 Å². The monoisotopic (exact) mass is 376 g/mol. The molecule has 0 radical (unpaired) electrons. The second-order valence-electron chi connectivity index (χ2n) is 6.81. The van der Waals surface area contributed by atoms with Crippen molar-refractivity contribution in [3.8, 4) is 5.69 Å². The molecule has 3 aromatic rings. The third kappa shape index (κ3) is 3.51. The molecule has 1 heterocycles. The molecule has 0 atom stereocenters. The van der Waals surface area contributed by atoms with Crippen LogP contribution in [0.1, 0.15) is 28.9 Å². The molecule has 4 rings (SSSR count). The summed E-state index contributed by atoms with van der Waals surface area (Å²) >= 11 is 0. The van der Waals surface area contributed by atoms with Gasteiger partial charge in [0.2, 0.25) is 5.91 Å². The molecule has 0 saturated carbocycles. The predicted molar refractivity (Wildman–Crippen MR) is 104 cm³/mol. The quantitative estimate of drug-likeness (QED) is 0.529. The molecule has 0 fully saturated rings. The Morgan fingerprint density at radius 2 is 1.86 bits per heavy atom. The maximum Gasteiger partial charge on any atom is 0.273 e. The fourth-order valence-corrected chi connectivity index (χ4v) is 3.69. The highest BCUT2D eigenvalue weighted by Gasteiger charge is 2.23. The standard InChI is InChI=1S/C21H20N4O3/c26-21(13-15-7-4-5-11-19(15)25(27)28)22-14-18-17-10-6-12-20(17)24(23-18)16-8-2-1-3-9-16/h1-5,7-9,11H,6,10,12-14H2,(H,22,26). The average molecular weight is 376 g/mol. The van der Waals surface area contributed by atoms with Crippen molar-refractivity contribution in [2.24, 2.45) is 0 Å². The van der Waals surface area contributed by atoms with Crippen molar-refractivity contribution in [1.82, 2.24) is 15.1 Å². The van der Waals surface area contributed by atoms with Crippen molar-refractivity contribution in [1.29, 1.82) is 0 Å². The van der Waals surface area contributed by atoms with Crippen molar-refractivity contribution in [3.63, 3.8) is 0 Å². The summed E-state index contributed by atoms with van der Waals surface area (Å²) in [5.41, 5.74) is 4.66. The molecular formula is C21H20N4O3. The third-order valence-electron chi connectivity index (χ3n) is 5.01. The van der Waals surface area contributed by atoms with Crippen molar-refractivity contribution in [2.75, 3.05) is 0 Å². The molecule has 7 heteroatoms. The number of rotatable bonds is 6. The van der Waals surface area contributed by atoms with Crippen molar-refractivity contribution in [3.05, 3.63) is 87.2 Å². The lowest BCUT2D eigenvalue weighted by atomic mass is 10.1. The molecule has 0 saturated heterocycles. The first kappa shape index (κ1) is 17.9. The minimum atomic E-state index is -0.461. The lowest BCUT2D eigenvalue weighted by Gasteiger charge is -2.06. The van der Waals surface area contributed by atoms with Crippen LogP contribution in [0.3, 0.4) is 0 Å². The van der Waals surface area contributed by atoms with E-state index in [0.29, 0.717) is 12.1 Å². The van der Waals surface area contributed by atoms with Crippen molar-refractivity contribution < 1.29 is 9.72 Å². The minimum Gasteiger partial charge on any atom is -0.350 e. The number of fused-ring (bicyclic) bond motifs is 1. The van der Waals surface area contributed by atoms with Gasteiger partial charge in [0.1, 0.15) is 0 Å². The van der Waals surface area contributed by atoms with Gasteiger partial charge < -0.3 is 5.32 Å². The highest BCUT2D eigenvalue weighted by molar-refractivity contribution is 5.79. The molecule has 1 amide bonds. The molecule has 0 spiro atoms. The van der Waals surface area contributed by atoms with E-state index in [0.717, 1.165) is 30.6 Å². The number of hydrogen-bond donors (Lipinski definition) is 1. The maximum atomic E-state index is 12.4. The fourth-order valence-electron chi connectivity index (χ4n) is 3.69. The zero-order valence-electron chi connectivity index (χ0n) is 15.3. The topological polar surface area (TPSA) is 90.1 Å². The number of hydrogen-bond acceptors (Lipinski definition) is 4. The number of carbonyl (C=O) groups is 1. The summed E-state index contributed by atoms with van der Waals surface area (Å²) in [6.45, 7) is 0.321. The van der Waals surface area contributed by atoms with E-state index in [1.807, 2.05) is 35.0 Å². The summed E-state index contributed by atoms with van der Waals surface area (Å²) in [7, 11) is 0. The van der Waals surface area contributed by atoms with Gasteiger partial charge in [-0.2, -0.15) is 5.10 Å². The highest BCUT2D eigenvalue weighted by atomic mass is 16.6. The van der Waals surface area contributed by atoms with Gasteiger partial charge in [-0.05, 0) is 37.0 Å². The highest BCUT2D eigenvalue weighted by Crippen LogP contribution is 2.27. The van der Waals surface area contributed by atoms with Crippen LogP contribution >= 0.6 is 0 Å². The van der Waals surface area contributed by atoms with E-state index in [-0.39, 0.29) is 18.0 Å². The number of nitro benzene ring substituents is 1. The summed E-state index contributed by atoms with van der Waals surface area (Å²) in [6.07, 6.45) is 2.98. The minimum absolute atomic E-state index is 0.0290. The molecule has 1 aliphatic carbocycles. The summed E-state index contributed by atoms with van der Waals surface area (Å²) in [5, 5.41) is 18.7. The Morgan fingerprint density at radius 1 is 1.11 bits per heavy atom. The fraction of sp³-hybridized carbons (Fsp3) is 0.238. The van der Waals surface area contributed by atoms with E-state index in [9.17, 15) is 14.9 Å². The number of nitro groups is 1. The normalized spacial score (nSPS) is 12.6. The van der Waals surface area contributed by atoms with Crippen molar-refractivity contribution >= 4 is 11.6 Å². The second-order valence-corrected chi connectivity index (χ2v) is 6.81. The van der Waals surface area contributed by atoms with Crippen LogP contribution in [0.15, 0.2) is 54.6 Å². The van der Waals surface area contributed by atoms with E-state index < -0.39 is 4.92 Å². The van der Waals surface area contributed by atoms with E-state index in [1.54, 1.807) is 18.2 Å². The van der Waals surface area contributed by atoms with Gasteiger partial charge in [-0.15, -0.1) is 0 Å². The summed E-state index contributed by atoms with van der Waals surface area (Å²) in [4.78, 5) is 23.0. The number of nitrogens with zero attached hydrogens (tertiary/aromatic N) is 3. The largest absolute Gasteiger partial charge is 0.350 e. The first-order chi connectivity index (χ1) is 13.6. The van der Waals surface area contributed by atoms with Crippen molar-refractivity contribution in [2.45, 2.75) is 32.2 Å². The van der Waals surface area contributed by atoms with E-state index in [4.69, 9.17) is 5.10 Å². The molecule has 2 aromatic carbocycles. The third-order valence-corrected chi connectivity index (χ3v) is 5.01. The number of benzene rings is 2. The molecule has 0 unspecified atom stereocenters. The van der Waals surface area contributed by atoms with E-state index >= 15 is 0 Å². The Kier molecular flexibility index (Phi) is 4.89. The first-order valence-electron chi connectivity index (χ1n) is 9.27. The van der Waals surface area contributed by atoms with E-state index in [1.165, 1.54) is 17.3 Å². The van der Waals surface area contributed by atoms with Gasteiger partial charge in [-0.25, -0.2) is 4.68 Å². The molecule has 1 N–H and O–H groups in total. The zero-order chi connectivity index (χ0) is 19.5. The van der Waals surface area contributed by atoms with E-state index in [2.05, 4.69) is 5.32 Å². The molecule has 0 aliphatic heterocycles. The van der Waals surface area contributed by atoms with Gasteiger partial charge in [0, 0.05) is 17.3 Å². The van der Waals surface area contributed by atoms with Crippen LogP contribution in [0.25, 0.3) is 5.69 Å². The van der Waals surface area contributed by atoms with Crippen LogP contribution in [-0.4, -0.2) is 20.6 Å². The average Bonchev–Trinajstić information content (AvgIpc) is 3.30.